The highest BCUT2D eigenvalue weighted by molar-refractivity contribution is 5.85. The lowest BCUT2D eigenvalue weighted by Gasteiger charge is -2.47. The number of pyridine rings is 1. The van der Waals surface area contributed by atoms with Crippen molar-refractivity contribution in [2.45, 2.75) is 38.7 Å². The molecule has 5 heterocycles. The molecule has 32 heavy (non-hydrogen) atoms. The number of aliphatic hydroxyl groups excluding tert-OH is 1. The largest absolute Gasteiger partial charge is 0.456 e. The second-order valence-electron chi connectivity index (χ2n) is 9.20. The van der Waals surface area contributed by atoms with Crippen LogP contribution in [0.3, 0.4) is 0 Å². The Morgan fingerprint density at radius 1 is 1.19 bits per heavy atom. The van der Waals surface area contributed by atoms with Crippen LogP contribution in [0.25, 0.3) is 5.69 Å². The molecule has 3 aliphatic heterocycles. The minimum absolute atomic E-state index is 0.220. The van der Waals surface area contributed by atoms with Crippen LogP contribution in [0, 0.1) is 12.3 Å². The number of hydrogen-bond acceptors (Lipinski definition) is 9. The molecule has 0 aromatic carbocycles. The summed E-state index contributed by atoms with van der Waals surface area (Å²) in [6.45, 7) is 6.92. The second-order valence-corrected chi connectivity index (χ2v) is 9.20. The molecule has 2 aromatic heterocycles. The smallest absolute Gasteiger partial charge is 0.333 e. The van der Waals surface area contributed by atoms with Crippen molar-refractivity contribution in [1.29, 1.82) is 0 Å². The zero-order chi connectivity index (χ0) is 22.1. The van der Waals surface area contributed by atoms with E-state index >= 15 is 0 Å². The number of esters is 1. The number of tetrazole rings is 1. The number of aromatic nitrogens is 5. The van der Waals surface area contributed by atoms with E-state index in [-0.39, 0.29) is 5.97 Å². The molecule has 2 aromatic rings. The summed E-state index contributed by atoms with van der Waals surface area (Å²) in [5.74, 6) is -0.220. The predicted octanol–water partition coefficient (Wildman–Crippen LogP) is 1.02. The molecule has 2 saturated heterocycles. The van der Waals surface area contributed by atoms with Crippen LogP contribution in [0.5, 0.6) is 0 Å². The standard InChI is InChI=1S/C22H29N7O3/c1-16-10-17(29-15-24-25-26-29)12-23-21(16)19(30)13-27-6-2-22(3-7-27)4-8-28(9-5-22)18-11-20(31)32-14-18/h10-12,15,19,30H,2-9,13-14H2,1H3/t19-/m0/s1. The van der Waals surface area contributed by atoms with Crippen LogP contribution in [-0.4, -0.2) is 85.4 Å². The zero-order valence-corrected chi connectivity index (χ0v) is 18.4. The number of nitrogens with zero attached hydrogens (tertiary/aromatic N) is 7. The Morgan fingerprint density at radius 2 is 1.94 bits per heavy atom. The number of cyclic esters (lactones) is 1. The van der Waals surface area contributed by atoms with E-state index < -0.39 is 6.10 Å². The lowest BCUT2D eigenvalue weighted by molar-refractivity contribution is -0.135. The van der Waals surface area contributed by atoms with Crippen LogP contribution < -0.4 is 0 Å². The molecule has 5 rings (SSSR count). The molecule has 10 nitrogen and oxygen atoms in total. The summed E-state index contributed by atoms with van der Waals surface area (Å²) in [5, 5.41) is 22.0. The Labute approximate surface area is 186 Å². The number of β-amino-alcohol motifs (C(OH)–C–C–N with tert-alkyl or cyclic N) is 1. The molecular formula is C22H29N7O3. The van der Waals surface area contributed by atoms with Crippen molar-refractivity contribution in [3.8, 4) is 5.69 Å². The van der Waals surface area contributed by atoms with E-state index in [1.807, 2.05) is 13.0 Å². The fourth-order valence-corrected chi connectivity index (χ4v) is 5.18. The van der Waals surface area contributed by atoms with Gasteiger partial charge in [0.25, 0.3) is 0 Å². The van der Waals surface area contributed by atoms with Gasteiger partial charge in [0.15, 0.2) is 0 Å². The van der Waals surface area contributed by atoms with Gasteiger partial charge in [-0.05, 0) is 73.2 Å². The molecule has 3 aliphatic rings. The molecule has 1 atom stereocenters. The highest BCUT2D eigenvalue weighted by Gasteiger charge is 2.38. The van der Waals surface area contributed by atoms with E-state index in [1.165, 1.54) is 6.33 Å². The number of ether oxygens (including phenoxy) is 1. The van der Waals surface area contributed by atoms with Crippen LogP contribution in [0.2, 0.25) is 0 Å². The van der Waals surface area contributed by atoms with Crippen molar-refractivity contribution in [3.63, 3.8) is 0 Å². The lowest BCUT2D eigenvalue weighted by Crippen LogP contribution is -2.47. The molecule has 1 N–H and O–H groups in total. The third kappa shape index (κ3) is 4.24. The van der Waals surface area contributed by atoms with Crippen molar-refractivity contribution in [2.24, 2.45) is 5.41 Å². The molecule has 0 radical (unpaired) electrons. The van der Waals surface area contributed by atoms with Gasteiger partial charge in [-0.15, -0.1) is 5.10 Å². The van der Waals surface area contributed by atoms with Gasteiger partial charge in [-0.1, -0.05) is 0 Å². The summed E-state index contributed by atoms with van der Waals surface area (Å²) in [4.78, 5) is 20.5. The highest BCUT2D eigenvalue weighted by Crippen LogP contribution is 2.42. The molecule has 0 aliphatic carbocycles. The normalized spacial score (nSPS) is 22.1. The molecule has 10 heteroatoms. The number of likely N-dealkylation sites (tertiary alicyclic amines) is 2. The number of rotatable bonds is 5. The van der Waals surface area contributed by atoms with Crippen molar-refractivity contribution >= 4 is 5.97 Å². The van der Waals surface area contributed by atoms with Crippen LogP contribution in [0.15, 0.2) is 30.4 Å². The number of aliphatic hydroxyl groups is 1. The van der Waals surface area contributed by atoms with Crippen LogP contribution in [-0.2, 0) is 9.53 Å². The van der Waals surface area contributed by atoms with Gasteiger partial charge in [0.2, 0.25) is 0 Å². The number of carbonyl (C=O) groups excluding carboxylic acids is 1. The third-order valence-electron chi connectivity index (χ3n) is 7.26. The average Bonchev–Trinajstić information content (AvgIpc) is 3.48. The van der Waals surface area contributed by atoms with E-state index in [0.717, 1.165) is 68.8 Å². The molecule has 1 spiro atoms. The van der Waals surface area contributed by atoms with Crippen molar-refractivity contribution in [2.75, 3.05) is 39.3 Å². The first kappa shape index (κ1) is 21.0. The summed E-state index contributed by atoms with van der Waals surface area (Å²) in [5.41, 5.74) is 3.81. The van der Waals surface area contributed by atoms with Gasteiger partial charge in [-0.3, -0.25) is 4.98 Å². The monoisotopic (exact) mass is 439 g/mol. The fourth-order valence-electron chi connectivity index (χ4n) is 5.18. The van der Waals surface area contributed by atoms with Gasteiger partial charge in [0, 0.05) is 25.7 Å². The summed E-state index contributed by atoms with van der Waals surface area (Å²) >= 11 is 0. The topological polar surface area (TPSA) is 109 Å². The van der Waals surface area contributed by atoms with Gasteiger partial charge in [0.05, 0.1) is 23.3 Å². The third-order valence-corrected chi connectivity index (χ3v) is 7.26. The minimum Gasteiger partial charge on any atom is -0.456 e. The first-order chi connectivity index (χ1) is 15.5. The second kappa shape index (κ2) is 8.59. The summed E-state index contributed by atoms with van der Waals surface area (Å²) < 4.78 is 6.61. The summed E-state index contributed by atoms with van der Waals surface area (Å²) in [6.07, 6.45) is 8.81. The van der Waals surface area contributed by atoms with E-state index in [4.69, 9.17) is 4.74 Å². The van der Waals surface area contributed by atoms with Crippen molar-refractivity contribution in [1.82, 2.24) is 35.0 Å². The molecule has 170 valence electrons. The van der Waals surface area contributed by atoms with E-state index in [0.29, 0.717) is 24.3 Å². The van der Waals surface area contributed by atoms with E-state index in [2.05, 4.69) is 30.3 Å². The Balaban J connectivity index is 1.14. The first-order valence-electron chi connectivity index (χ1n) is 11.2. The Kier molecular flexibility index (Phi) is 5.64. The molecule has 2 fully saturated rings. The Morgan fingerprint density at radius 3 is 2.56 bits per heavy atom. The number of piperidine rings is 2. The Hall–Kier alpha value is -2.85. The van der Waals surface area contributed by atoms with Crippen molar-refractivity contribution < 1.29 is 14.6 Å². The quantitative estimate of drug-likeness (QED) is 0.683. The molecular weight excluding hydrogens is 410 g/mol. The van der Waals surface area contributed by atoms with Gasteiger partial charge in [-0.25, -0.2) is 4.79 Å². The maximum Gasteiger partial charge on any atom is 0.333 e. The molecule has 0 unspecified atom stereocenters. The maximum absolute atomic E-state index is 11.3. The lowest BCUT2D eigenvalue weighted by atomic mass is 9.71. The fraction of sp³-hybridized carbons (Fsp3) is 0.591. The number of hydrogen-bond donors (Lipinski definition) is 1. The SMILES string of the molecule is Cc1cc(-n2cnnn2)cnc1[C@@H](O)CN1CCC2(CC1)CCN(C1=CC(=O)OC1)CC2. The predicted molar refractivity (Wildman–Crippen MR) is 115 cm³/mol. The van der Waals surface area contributed by atoms with Gasteiger partial charge in [0.1, 0.15) is 19.0 Å². The van der Waals surface area contributed by atoms with Gasteiger partial charge in [-0.2, -0.15) is 4.68 Å². The zero-order valence-electron chi connectivity index (χ0n) is 18.4. The highest BCUT2D eigenvalue weighted by atomic mass is 16.5. The summed E-state index contributed by atoms with van der Waals surface area (Å²) in [7, 11) is 0. The Bertz CT molecular complexity index is 989. The van der Waals surface area contributed by atoms with Crippen LogP contribution in [0.1, 0.15) is 43.0 Å². The minimum atomic E-state index is -0.624. The first-order valence-corrected chi connectivity index (χ1v) is 11.2. The van der Waals surface area contributed by atoms with Crippen molar-refractivity contribution in [3.05, 3.63) is 41.6 Å². The van der Waals surface area contributed by atoms with Crippen LogP contribution in [0.4, 0.5) is 0 Å². The number of carbonyl (C=O) groups is 1. The number of aryl methyl sites for hydroxylation is 1. The molecule has 0 amide bonds. The molecule has 0 bridgehead atoms. The maximum atomic E-state index is 11.3. The van der Waals surface area contributed by atoms with Gasteiger partial charge < -0.3 is 19.6 Å². The average molecular weight is 440 g/mol. The van der Waals surface area contributed by atoms with Crippen LogP contribution >= 0.6 is 0 Å². The van der Waals surface area contributed by atoms with E-state index in [9.17, 15) is 9.90 Å². The molecule has 0 saturated carbocycles. The van der Waals surface area contributed by atoms with E-state index in [1.54, 1.807) is 17.0 Å². The van der Waals surface area contributed by atoms with Gasteiger partial charge >= 0.3 is 5.97 Å². The summed E-state index contributed by atoms with van der Waals surface area (Å²) in [6, 6.07) is 1.94.